The highest BCUT2D eigenvalue weighted by Crippen LogP contribution is 2.17. The monoisotopic (exact) mass is 164 g/mol. The first-order valence-electron chi connectivity index (χ1n) is 4.54. The minimum atomic E-state index is -0.295. The number of benzene rings is 1. The van der Waals surface area contributed by atoms with E-state index in [0.717, 1.165) is 18.4 Å². The molecule has 1 nitrogen and oxygen atoms in total. The van der Waals surface area contributed by atoms with Gasteiger partial charge in [0.1, 0.15) is 0 Å². The van der Waals surface area contributed by atoms with Crippen molar-refractivity contribution in [2.45, 2.75) is 32.8 Å². The minimum Gasteiger partial charge on any atom is -0.388 e. The Bertz CT molecular complexity index is 243. The number of aliphatic hydroxyl groups is 1. The van der Waals surface area contributed by atoms with Crippen LogP contribution in [-0.4, -0.2) is 5.11 Å². The smallest absolute Gasteiger partial charge is 0.0787 e. The van der Waals surface area contributed by atoms with Gasteiger partial charge in [-0.1, -0.05) is 38.1 Å². The molecule has 1 aromatic carbocycles. The van der Waals surface area contributed by atoms with Crippen molar-refractivity contribution in [3.63, 3.8) is 0 Å². The lowest BCUT2D eigenvalue weighted by Gasteiger charge is -2.08. The van der Waals surface area contributed by atoms with E-state index in [2.05, 4.69) is 19.1 Å². The summed E-state index contributed by atoms with van der Waals surface area (Å²) in [7, 11) is 0. The molecule has 1 heteroatoms. The molecule has 0 spiro atoms. The summed E-state index contributed by atoms with van der Waals surface area (Å²) in [5, 5.41) is 9.55. The maximum atomic E-state index is 9.55. The van der Waals surface area contributed by atoms with E-state index in [4.69, 9.17) is 0 Å². The molecule has 0 saturated carbocycles. The van der Waals surface area contributed by atoms with Crippen molar-refractivity contribution >= 4 is 0 Å². The molecule has 66 valence electrons. The summed E-state index contributed by atoms with van der Waals surface area (Å²) in [6.07, 6.45) is 1.52. The van der Waals surface area contributed by atoms with Crippen LogP contribution >= 0.6 is 0 Å². The van der Waals surface area contributed by atoms with Crippen LogP contribution in [0.4, 0.5) is 0 Å². The zero-order valence-electron chi connectivity index (χ0n) is 7.75. The van der Waals surface area contributed by atoms with Gasteiger partial charge in [0.15, 0.2) is 0 Å². The van der Waals surface area contributed by atoms with Crippen molar-refractivity contribution in [1.29, 1.82) is 0 Å². The molecule has 1 unspecified atom stereocenters. The number of aliphatic hydroxyl groups excluding tert-OH is 1. The van der Waals surface area contributed by atoms with Crippen LogP contribution in [0.3, 0.4) is 0 Å². The fraction of sp³-hybridized carbons (Fsp3) is 0.455. The van der Waals surface area contributed by atoms with E-state index in [-0.39, 0.29) is 6.10 Å². The molecule has 0 heterocycles. The second kappa shape index (κ2) is 4.27. The standard InChI is InChI=1S/C11H16O/c1-3-9-6-5-7-10(8-9)11(12)4-2/h5-8,11-12H,3-4H2,1-2H3. The molecular formula is C11H16O. The van der Waals surface area contributed by atoms with E-state index >= 15 is 0 Å². The van der Waals surface area contributed by atoms with Crippen LogP contribution in [0.15, 0.2) is 24.3 Å². The second-order valence-corrected chi connectivity index (χ2v) is 3.02. The number of rotatable bonds is 3. The Labute approximate surface area is 74.1 Å². The zero-order valence-corrected chi connectivity index (χ0v) is 7.75. The summed E-state index contributed by atoms with van der Waals surface area (Å²) in [6, 6.07) is 8.15. The highest BCUT2D eigenvalue weighted by molar-refractivity contribution is 5.24. The number of hydrogen-bond donors (Lipinski definition) is 1. The maximum Gasteiger partial charge on any atom is 0.0787 e. The fourth-order valence-electron chi connectivity index (χ4n) is 1.26. The molecular weight excluding hydrogens is 148 g/mol. The van der Waals surface area contributed by atoms with Crippen LogP contribution in [0.1, 0.15) is 37.5 Å². The number of hydrogen-bond acceptors (Lipinski definition) is 1. The SMILES string of the molecule is CCc1cccc(C(O)CC)c1. The molecule has 0 aliphatic carbocycles. The minimum absolute atomic E-state index is 0.295. The van der Waals surface area contributed by atoms with Gasteiger partial charge >= 0.3 is 0 Å². The van der Waals surface area contributed by atoms with Gasteiger partial charge in [-0.15, -0.1) is 0 Å². The van der Waals surface area contributed by atoms with E-state index < -0.39 is 0 Å². The summed E-state index contributed by atoms with van der Waals surface area (Å²) in [4.78, 5) is 0. The normalized spacial score (nSPS) is 12.9. The Hall–Kier alpha value is -0.820. The molecule has 1 atom stereocenters. The molecule has 0 aliphatic rings. The molecule has 1 N–H and O–H groups in total. The van der Waals surface area contributed by atoms with Gasteiger partial charge < -0.3 is 5.11 Å². The molecule has 1 rings (SSSR count). The van der Waals surface area contributed by atoms with Crippen molar-refractivity contribution in [2.24, 2.45) is 0 Å². The van der Waals surface area contributed by atoms with Gasteiger partial charge in [0.25, 0.3) is 0 Å². The molecule has 0 amide bonds. The topological polar surface area (TPSA) is 20.2 Å². The van der Waals surface area contributed by atoms with Crippen LogP contribution < -0.4 is 0 Å². The first-order chi connectivity index (χ1) is 5.77. The summed E-state index contributed by atoms with van der Waals surface area (Å²) < 4.78 is 0. The van der Waals surface area contributed by atoms with E-state index in [1.54, 1.807) is 0 Å². The van der Waals surface area contributed by atoms with Crippen LogP contribution in [0.25, 0.3) is 0 Å². The molecule has 0 aliphatic heterocycles. The lowest BCUT2D eigenvalue weighted by molar-refractivity contribution is 0.173. The van der Waals surface area contributed by atoms with E-state index in [0.29, 0.717) is 0 Å². The summed E-state index contributed by atoms with van der Waals surface area (Å²) in [5.41, 5.74) is 2.33. The van der Waals surface area contributed by atoms with Crippen LogP contribution in [0, 0.1) is 0 Å². The Balaban J connectivity index is 2.86. The first-order valence-corrected chi connectivity index (χ1v) is 4.54. The average molecular weight is 164 g/mol. The number of aryl methyl sites for hydroxylation is 1. The van der Waals surface area contributed by atoms with Gasteiger partial charge in [0.2, 0.25) is 0 Å². The molecule has 1 aromatic rings. The van der Waals surface area contributed by atoms with Crippen molar-refractivity contribution < 1.29 is 5.11 Å². The molecule has 0 aromatic heterocycles. The Morgan fingerprint density at radius 2 is 2.08 bits per heavy atom. The van der Waals surface area contributed by atoms with Gasteiger partial charge in [-0.05, 0) is 24.0 Å². The highest BCUT2D eigenvalue weighted by atomic mass is 16.3. The van der Waals surface area contributed by atoms with Crippen molar-refractivity contribution in [3.05, 3.63) is 35.4 Å². The van der Waals surface area contributed by atoms with Gasteiger partial charge in [-0.2, -0.15) is 0 Å². The average Bonchev–Trinajstić information content (AvgIpc) is 2.17. The molecule has 12 heavy (non-hydrogen) atoms. The summed E-state index contributed by atoms with van der Waals surface area (Å²) in [6.45, 7) is 4.11. The summed E-state index contributed by atoms with van der Waals surface area (Å²) in [5.74, 6) is 0. The van der Waals surface area contributed by atoms with Crippen LogP contribution in [0.2, 0.25) is 0 Å². The van der Waals surface area contributed by atoms with Crippen molar-refractivity contribution in [2.75, 3.05) is 0 Å². The van der Waals surface area contributed by atoms with E-state index in [9.17, 15) is 5.11 Å². The quantitative estimate of drug-likeness (QED) is 0.728. The molecule has 0 radical (unpaired) electrons. The second-order valence-electron chi connectivity index (χ2n) is 3.02. The van der Waals surface area contributed by atoms with Crippen LogP contribution in [-0.2, 0) is 6.42 Å². The third-order valence-corrected chi connectivity index (χ3v) is 2.13. The third kappa shape index (κ3) is 2.08. The first kappa shape index (κ1) is 9.27. The predicted molar refractivity (Wildman–Crippen MR) is 51.1 cm³/mol. The van der Waals surface area contributed by atoms with Gasteiger partial charge in [0.05, 0.1) is 6.10 Å². The molecule has 0 fully saturated rings. The maximum absolute atomic E-state index is 9.55. The molecule has 0 bridgehead atoms. The zero-order chi connectivity index (χ0) is 8.97. The van der Waals surface area contributed by atoms with Crippen molar-refractivity contribution in [3.8, 4) is 0 Å². The lowest BCUT2D eigenvalue weighted by atomic mass is 10.0. The third-order valence-electron chi connectivity index (χ3n) is 2.13. The van der Waals surface area contributed by atoms with E-state index in [1.165, 1.54) is 5.56 Å². The lowest BCUT2D eigenvalue weighted by Crippen LogP contribution is -1.95. The van der Waals surface area contributed by atoms with Gasteiger partial charge in [-0.25, -0.2) is 0 Å². The van der Waals surface area contributed by atoms with E-state index in [1.807, 2.05) is 19.1 Å². The molecule has 0 saturated heterocycles. The van der Waals surface area contributed by atoms with Gasteiger partial charge in [0, 0.05) is 0 Å². The predicted octanol–water partition coefficient (Wildman–Crippen LogP) is 2.69. The fourth-order valence-corrected chi connectivity index (χ4v) is 1.26. The van der Waals surface area contributed by atoms with Crippen molar-refractivity contribution in [1.82, 2.24) is 0 Å². The highest BCUT2D eigenvalue weighted by Gasteiger charge is 2.03. The summed E-state index contributed by atoms with van der Waals surface area (Å²) >= 11 is 0. The van der Waals surface area contributed by atoms with Gasteiger partial charge in [-0.3, -0.25) is 0 Å². The van der Waals surface area contributed by atoms with Crippen LogP contribution in [0.5, 0.6) is 0 Å². The Kier molecular flexibility index (Phi) is 3.30. The Morgan fingerprint density at radius 1 is 1.33 bits per heavy atom. The Morgan fingerprint density at radius 3 is 2.67 bits per heavy atom. The largest absolute Gasteiger partial charge is 0.388 e.